The number of methoxy groups -OCH3 is 1. The van der Waals surface area contributed by atoms with Crippen LogP contribution in [0, 0.1) is 10.5 Å². The van der Waals surface area contributed by atoms with Gasteiger partial charge in [-0.25, -0.2) is 4.98 Å². The van der Waals surface area contributed by atoms with Gasteiger partial charge in [0.05, 0.1) is 7.11 Å². The molecule has 0 amide bonds. The van der Waals surface area contributed by atoms with Gasteiger partial charge in [-0.2, -0.15) is 0 Å². The number of aromatic nitrogens is 1. The van der Waals surface area contributed by atoms with Crippen molar-refractivity contribution in [1.29, 1.82) is 0 Å². The average Bonchev–Trinajstić information content (AvgIpc) is 2.07. The highest BCUT2D eigenvalue weighted by Crippen LogP contribution is 2.19. The number of ether oxygens (including phenoxy) is 1. The maximum absolute atomic E-state index is 5.27. The summed E-state index contributed by atoms with van der Waals surface area (Å²) in [6.07, 6.45) is 0. The molecule has 0 N–H and O–H groups in total. The minimum absolute atomic E-state index is 0.773. The molecule has 0 aliphatic rings. The maximum Gasteiger partial charge on any atom is 0.216 e. The summed E-state index contributed by atoms with van der Waals surface area (Å²) in [6, 6.07) is 2.19. The molecule has 1 aromatic rings. The van der Waals surface area contributed by atoms with Gasteiger partial charge in [-0.1, -0.05) is 19.6 Å². The van der Waals surface area contributed by atoms with Crippen LogP contribution in [0.25, 0.3) is 0 Å². The Kier molecular flexibility index (Phi) is 3.57. The second-order valence-corrected chi connectivity index (χ2v) is 10.5. The van der Waals surface area contributed by atoms with Gasteiger partial charge in [-0.15, -0.1) is 0 Å². The molecule has 0 aromatic carbocycles. The summed E-state index contributed by atoms with van der Waals surface area (Å²) in [7, 11) is 0.349. The number of nitrogens with zero attached hydrogens (tertiary/aromatic N) is 1. The highest BCUT2D eigenvalue weighted by Gasteiger charge is 2.20. The lowest BCUT2D eigenvalue weighted by atomic mass is 10.3. The molecule has 0 fully saturated rings. The molecule has 1 rings (SSSR count). The molecule has 0 saturated carbocycles. The number of hydrogen-bond donors (Lipinski definition) is 0. The highest BCUT2D eigenvalue weighted by molar-refractivity contribution is 14.1. The molecule has 0 saturated heterocycles. The van der Waals surface area contributed by atoms with E-state index >= 15 is 0 Å². The Labute approximate surface area is 100 Å². The Morgan fingerprint density at radius 2 is 1.93 bits per heavy atom. The average molecular weight is 321 g/mol. The van der Waals surface area contributed by atoms with Gasteiger partial charge in [-0.05, 0) is 35.6 Å². The summed E-state index contributed by atoms with van der Waals surface area (Å²) in [5.41, 5.74) is 1.13. The Bertz CT molecular complexity index is 347. The molecule has 2 nitrogen and oxygen atoms in total. The predicted octanol–water partition coefficient (Wildman–Crippen LogP) is 2.55. The van der Waals surface area contributed by atoms with Crippen molar-refractivity contribution in [1.82, 2.24) is 4.98 Å². The van der Waals surface area contributed by atoms with E-state index in [9.17, 15) is 0 Å². The van der Waals surface area contributed by atoms with Gasteiger partial charge >= 0.3 is 0 Å². The van der Waals surface area contributed by atoms with E-state index in [1.54, 1.807) is 7.11 Å². The van der Waals surface area contributed by atoms with Crippen molar-refractivity contribution in [2.75, 3.05) is 7.11 Å². The van der Waals surface area contributed by atoms with Crippen molar-refractivity contribution in [3.8, 4) is 5.88 Å². The zero-order chi connectivity index (χ0) is 10.9. The molecule has 0 unspecified atom stereocenters. The lowest BCUT2D eigenvalue weighted by Crippen LogP contribution is -2.40. The van der Waals surface area contributed by atoms with E-state index in [0.717, 1.165) is 11.4 Å². The molecule has 0 aliphatic heterocycles. The molecular formula is C10H16INOSi. The fourth-order valence-electron chi connectivity index (χ4n) is 1.14. The first-order valence-electron chi connectivity index (χ1n) is 4.58. The minimum atomic E-state index is -1.33. The smallest absolute Gasteiger partial charge is 0.216 e. The van der Waals surface area contributed by atoms with E-state index < -0.39 is 8.07 Å². The van der Waals surface area contributed by atoms with Crippen molar-refractivity contribution < 1.29 is 4.74 Å². The third-order valence-electron chi connectivity index (χ3n) is 2.13. The monoisotopic (exact) mass is 321 g/mol. The topological polar surface area (TPSA) is 22.1 Å². The standard InChI is InChI=1S/C10H16INOSi/c1-7-8(11)6-9(14(3,4)5)12-10(7)13-2/h6H,1-5H3. The van der Waals surface area contributed by atoms with Gasteiger partial charge in [0.15, 0.2) is 0 Å². The van der Waals surface area contributed by atoms with Crippen LogP contribution in [0.3, 0.4) is 0 Å². The molecule has 0 spiro atoms. The van der Waals surface area contributed by atoms with Crippen LogP contribution < -0.4 is 10.1 Å². The first-order valence-corrected chi connectivity index (χ1v) is 9.15. The van der Waals surface area contributed by atoms with E-state index in [4.69, 9.17) is 4.74 Å². The molecule has 14 heavy (non-hydrogen) atoms. The summed E-state index contributed by atoms with van der Waals surface area (Å²) in [5.74, 6) is 0.773. The molecule has 4 heteroatoms. The van der Waals surface area contributed by atoms with Gasteiger partial charge in [0.2, 0.25) is 5.88 Å². The highest BCUT2D eigenvalue weighted by atomic mass is 127. The quantitative estimate of drug-likeness (QED) is 0.617. The SMILES string of the molecule is COc1nc([Si](C)(C)C)cc(I)c1C. The predicted molar refractivity (Wildman–Crippen MR) is 71.2 cm³/mol. The van der Waals surface area contributed by atoms with E-state index in [1.807, 2.05) is 6.92 Å². The molecule has 0 aliphatic carbocycles. The second-order valence-electron chi connectivity index (χ2n) is 4.37. The number of pyridine rings is 1. The van der Waals surface area contributed by atoms with Crippen molar-refractivity contribution in [3.63, 3.8) is 0 Å². The van der Waals surface area contributed by atoms with Gasteiger partial charge in [0.25, 0.3) is 0 Å². The van der Waals surface area contributed by atoms with Crippen LogP contribution in [0.1, 0.15) is 5.56 Å². The summed E-state index contributed by atoms with van der Waals surface area (Å²) in [4.78, 5) is 4.56. The van der Waals surface area contributed by atoms with Crippen LogP contribution in [0.4, 0.5) is 0 Å². The largest absolute Gasteiger partial charge is 0.481 e. The summed E-state index contributed by atoms with van der Waals surface area (Å²) in [5, 5.41) is 1.21. The van der Waals surface area contributed by atoms with Gasteiger partial charge in [-0.3, -0.25) is 0 Å². The van der Waals surface area contributed by atoms with Crippen molar-refractivity contribution >= 4 is 36.0 Å². The zero-order valence-electron chi connectivity index (χ0n) is 9.31. The third kappa shape index (κ3) is 2.47. The van der Waals surface area contributed by atoms with Crippen molar-refractivity contribution in [2.45, 2.75) is 26.6 Å². The lowest BCUT2D eigenvalue weighted by molar-refractivity contribution is 0.395. The molecule has 0 bridgehead atoms. The minimum Gasteiger partial charge on any atom is -0.481 e. The molecule has 78 valence electrons. The van der Waals surface area contributed by atoms with Gasteiger partial charge in [0.1, 0.15) is 8.07 Å². The molecule has 0 radical (unpaired) electrons. The Morgan fingerprint density at radius 3 is 2.36 bits per heavy atom. The van der Waals surface area contributed by atoms with Crippen LogP contribution in [-0.4, -0.2) is 20.2 Å². The zero-order valence-corrected chi connectivity index (χ0v) is 12.5. The van der Waals surface area contributed by atoms with Crippen molar-refractivity contribution in [2.24, 2.45) is 0 Å². The van der Waals surface area contributed by atoms with Gasteiger partial charge < -0.3 is 4.74 Å². The maximum atomic E-state index is 5.27. The van der Waals surface area contributed by atoms with Crippen LogP contribution in [0.15, 0.2) is 6.07 Å². The van der Waals surface area contributed by atoms with Crippen LogP contribution in [0.5, 0.6) is 5.88 Å². The fraction of sp³-hybridized carbons (Fsp3) is 0.500. The summed E-state index contributed by atoms with van der Waals surface area (Å²) in [6.45, 7) is 8.92. The summed E-state index contributed by atoms with van der Waals surface area (Å²) < 4.78 is 6.51. The Hall–Kier alpha value is -0.103. The van der Waals surface area contributed by atoms with Crippen molar-refractivity contribution in [3.05, 3.63) is 15.2 Å². The molecule has 1 heterocycles. The van der Waals surface area contributed by atoms with E-state index in [2.05, 4.69) is 53.3 Å². The number of halogens is 1. The van der Waals surface area contributed by atoms with E-state index in [0.29, 0.717) is 0 Å². The van der Waals surface area contributed by atoms with Crippen LogP contribution in [-0.2, 0) is 0 Å². The fourth-order valence-corrected chi connectivity index (χ4v) is 2.97. The van der Waals surface area contributed by atoms with Gasteiger partial charge in [0, 0.05) is 14.5 Å². The van der Waals surface area contributed by atoms with E-state index in [1.165, 1.54) is 8.89 Å². The molecule has 0 atom stereocenters. The van der Waals surface area contributed by atoms with Crippen LogP contribution >= 0.6 is 22.6 Å². The molecule has 1 aromatic heterocycles. The first-order chi connectivity index (χ1) is 6.36. The normalized spacial score (nSPS) is 11.6. The van der Waals surface area contributed by atoms with Crippen LogP contribution in [0.2, 0.25) is 19.6 Å². The Balaban J connectivity index is 3.30. The number of hydrogen-bond acceptors (Lipinski definition) is 2. The second kappa shape index (κ2) is 4.18. The summed E-state index contributed by atoms with van der Waals surface area (Å²) >= 11 is 2.34. The van der Waals surface area contributed by atoms with E-state index in [-0.39, 0.29) is 0 Å². The molecular weight excluding hydrogens is 305 g/mol. The first kappa shape index (κ1) is 12.0. The Morgan fingerprint density at radius 1 is 1.36 bits per heavy atom. The number of rotatable bonds is 2. The lowest BCUT2D eigenvalue weighted by Gasteiger charge is -2.17. The third-order valence-corrected chi connectivity index (χ3v) is 5.04.